The Bertz CT molecular complexity index is 1210. The SMILES string of the molecule is C.C.C.CC.CC.CC.CCCc1cncnc1C(=O)O.CCCc1cncnc1C(=O)OCC.CCN.CCOC(=O)c1ncncc1Br.[Li+].[OH-]. The molecule has 14 nitrogen and oxygen atoms in total. The van der Waals surface area contributed by atoms with E-state index >= 15 is 0 Å². The summed E-state index contributed by atoms with van der Waals surface area (Å²) in [5, 5.41) is 8.70. The second kappa shape index (κ2) is 52.0. The summed E-state index contributed by atoms with van der Waals surface area (Å²) in [6.45, 7) is 22.9. The van der Waals surface area contributed by atoms with Gasteiger partial charge in [-0.3, -0.25) is 0 Å². The van der Waals surface area contributed by atoms with E-state index in [0.29, 0.717) is 35.4 Å². The molecule has 0 aromatic carbocycles. The smallest absolute Gasteiger partial charge is 0.870 e. The van der Waals surface area contributed by atoms with Crippen LogP contribution < -0.4 is 24.6 Å². The fourth-order valence-electron chi connectivity index (χ4n) is 2.86. The summed E-state index contributed by atoms with van der Waals surface area (Å²) < 4.78 is 10.2. The number of aromatic nitrogens is 6. The number of nitrogens with zero attached hydrogens (tertiary/aromatic N) is 6. The van der Waals surface area contributed by atoms with Gasteiger partial charge in [-0.05, 0) is 49.2 Å². The van der Waals surface area contributed by atoms with E-state index in [1.54, 1.807) is 26.2 Å². The van der Waals surface area contributed by atoms with Crippen molar-refractivity contribution in [3.05, 3.63) is 70.3 Å². The number of hydrogen-bond acceptors (Lipinski definition) is 13. The number of nitrogens with two attached hydrogens (primary N) is 1. The predicted molar refractivity (Wildman–Crippen MR) is 212 cm³/mol. The van der Waals surface area contributed by atoms with Crippen LogP contribution in [-0.2, 0) is 22.3 Å². The molecule has 0 unspecified atom stereocenters. The van der Waals surface area contributed by atoms with E-state index in [2.05, 4.69) is 45.8 Å². The second-order valence-corrected chi connectivity index (χ2v) is 8.52. The minimum Gasteiger partial charge on any atom is -0.870 e. The third kappa shape index (κ3) is 33.8. The van der Waals surface area contributed by atoms with Gasteiger partial charge in [0.1, 0.15) is 19.0 Å². The van der Waals surface area contributed by atoms with Crippen LogP contribution in [0.4, 0.5) is 0 Å². The first-order valence-electron chi connectivity index (χ1n) is 16.0. The Hall–Kier alpha value is -3.35. The molecule has 0 spiro atoms. The van der Waals surface area contributed by atoms with Gasteiger partial charge in [-0.2, -0.15) is 0 Å². The Morgan fingerprint density at radius 1 is 0.654 bits per heavy atom. The van der Waals surface area contributed by atoms with Crippen molar-refractivity contribution in [2.75, 3.05) is 19.8 Å². The molecule has 16 heteroatoms. The standard InChI is InChI=1S/C10H14N2O2.C8H10N2O2.C7H7BrN2O2.C2H7N.3C2H6.3CH4.Li.H2O/c1-3-5-8-6-11-7-12-9(8)10(13)14-4-2;1-2-3-6-4-9-5-10-7(6)8(11)12;1-2-12-7(11)6-5(8)3-9-4-10-6;1-2-3;3*1-2;;;;;/h6-7H,3-5H2,1-2H3;4-5H,2-3H2,1H3,(H,11,12);3-4H,2H2,1H3;2-3H2,1H3;3*1-2H3;3*1H4;;1H2/q;;;;;;;;;;+1;/p-1. The van der Waals surface area contributed by atoms with Crippen LogP contribution in [0.1, 0.15) is 154 Å². The number of rotatable bonds is 9. The Labute approximate surface area is 335 Å². The molecular formula is C36H69BrLiN7O7. The number of halogens is 1. The van der Waals surface area contributed by atoms with Crippen molar-refractivity contribution in [2.24, 2.45) is 5.73 Å². The van der Waals surface area contributed by atoms with Gasteiger partial charge in [-0.15, -0.1) is 0 Å². The Morgan fingerprint density at radius 3 is 1.29 bits per heavy atom. The van der Waals surface area contributed by atoms with E-state index in [4.69, 9.17) is 20.3 Å². The largest absolute Gasteiger partial charge is 1.00 e. The molecule has 0 atom stereocenters. The van der Waals surface area contributed by atoms with Crippen molar-refractivity contribution >= 4 is 33.8 Å². The number of hydrogen-bond donors (Lipinski definition) is 2. The summed E-state index contributed by atoms with van der Waals surface area (Å²) in [5.41, 5.74) is 7.17. The van der Waals surface area contributed by atoms with Crippen molar-refractivity contribution in [1.29, 1.82) is 0 Å². The van der Waals surface area contributed by atoms with Crippen LogP contribution in [0.2, 0.25) is 0 Å². The van der Waals surface area contributed by atoms with Crippen LogP contribution in [0.25, 0.3) is 0 Å². The molecule has 4 N–H and O–H groups in total. The van der Waals surface area contributed by atoms with Gasteiger partial charge in [0.05, 0.1) is 17.7 Å². The molecule has 3 heterocycles. The van der Waals surface area contributed by atoms with Crippen molar-refractivity contribution < 1.29 is 53.3 Å². The van der Waals surface area contributed by atoms with E-state index in [0.717, 1.165) is 31.4 Å². The fourth-order valence-corrected chi connectivity index (χ4v) is 3.24. The average molecular weight is 799 g/mol. The number of carboxylic acids is 1. The van der Waals surface area contributed by atoms with Crippen molar-refractivity contribution in [3.63, 3.8) is 0 Å². The first-order valence-corrected chi connectivity index (χ1v) is 16.8. The number of carbonyl (C=O) groups excluding carboxylic acids is 2. The number of esters is 2. The summed E-state index contributed by atoms with van der Waals surface area (Å²) in [4.78, 5) is 55.9. The second-order valence-electron chi connectivity index (χ2n) is 7.67. The molecule has 0 bridgehead atoms. The van der Waals surface area contributed by atoms with Gasteiger partial charge in [0, 0.05) is 29.7 Å². The van der Waals surface area contributed by atoms with E-state index in [9.17, 15) is 14.4 Å². The maximum atomic E-state index is 11.4. The number of carbonyl (C=O) groups is 3. The zero-order valence-electron chi connectivity index (χ0n) is 31.5. The summed E-state index contributed by atoms with van der Waals surface area (Å²) in [6.07, 6.45) is 12.0. The molecule has 3 rings (SSSR count). The van der Waals surface area contributed by atoms with Gasteiger partial charge in [0.2, 0.25) is 0 Å². The molecule has 0 aliphatic heterocycles. The first kappa shape index (κ1) is 70.3. The Morgan fingerprint density at radius 2 is 0.962 bits per heavy atom. The molecule has 0 fully saturated rings. The Kier molecular flexibility index (Phi) is 70.3. The van der Waals surface area contributed by atoms with Crippen LogP contribution in [0, 0.1) is 0 Å². The Balaban J connectivity index is -0.0000000657. The number of ether oxygens (including phenoxy) is 2. The summed E-state index contributed by atoms with van der Waals surface area (Å²) in [5.74, 6) is -1.79. The third-order valence-electron chi connectivity index (χ3n) is 4.42. The number of aromatic carboxylic acids is 1. The van der Waals surface area contributed by atoms with E-state index < -0.39 is 11.9 Å². The molecule has 298 valence electrons. The third-order valence-corrected chi connectivity index (χ3v) is 5.00. The molecule has 0 saturated heterocycles. The van der Waals surface area contributed by atoms with Gasteiger partial charge in [0.25, 0.3) is 0 Å². The molecule has 0 aliphatic rings. The van der Waals surface area contributed by atoms with E-state index in [-0.39, 0.29) is 64.0 Å². The van der Waals surface area contributed by atoms with Gasteiger partial charge in [-0.1, -0.05) is 97.4 Å². The molecule has 0 aliphatic carbocycles. The molecule has 0 amide bonds. The minimum absolute atomic E-state index is 0. The fraction of sp³-hybridized carbons (Fsp3) is 0.583. The summed E-state index contributed by atoms with van der Waals surface area (Å²) >= 11 is 3.14. The zero-order valence-corrected chi connectivity index (χ0v) is 33.1. The monoisotopic (exact) mass is 797 g/mol. The normalized spacial score (nSPS) is 7.79. The summed E-state index contributed by atoms with van der Waals surface area (Å²) in [7, 11) is 0. The summed E-state index contributed by atoms with van der Waals surface area (Å²) in [6, 6.07) is 0. The quantitative estimate of drug-likeness (QED) is 0.189. The van der Waals surface area contributed by atoms with E-state index in [1.807, 2.05) is 62.3 Å². The van der Waals surface area contributed by atoms with Gasteiger partial charge in [0.15, 0.2) is 17.1 Å². The maximum Gasteiger partial charge on any atom is 1.00 e. The molecule has 52 heavy (non-hydrogen) atoms. The van der Waals surface area contributed by atoms with Crippen molar-refractivity contribution in [1.82, 2.24) is 29.9 Å². The van der Waals surface area contributed by atoms with Crippen LogP contribution in [-0.4, -0.2) is 78.2 Å². The van der Waals surface area contributed by atoms with Gasteiger partial charge >= 0.3 is 36.8 Å². The molecule has 3 aromatic heterocycles. The van der Waals surface area contributed by atoms with Gasteiger partial charge < -0.3 is 25.8 Å². The topological polar surface area (TPSA) is 223 Å². The average Bonchev–Trinajstić information content (AvgIpc) is 3.09. The van der Waals surface area contributed by atoms with Gasteiger partial charge in [-0.25, -0.2) is 44.3 Å². The zero-order chi connectivity index (χ0) is 37.0. The van der Waals surface area contributed by atoms with E-state index in [1.165, 1.54) is 25.2 Å². The minimum atomic E-state index is -0.985. The molecule has 0 saturated carbocycles. The van der Waals surface area contributed by atoms with Crippen LogP contribution in [0.3, 0.4) is 0 Å². The van der Waals surface area contributed by atoms with Crippen molar-refractivity contribution in [2.45, 2.75) is 124 Å². The molecule has 0 radical (unpaired) electrons. The number of aryl methyl sites for hydroxylation is 2. The number of carboxylic acid groups (broad SMARTS) is 1. The predicted octanol–water partition coefficient (Wildman–Crippen LogP) is 5.93. The maximum absolute atomic E-state index is 11.4. The molecular weight excluding hydrogens is 729 g/mol. The van der Waals surface area contributed by atoms with Crippen LogP contribution >= 0.6 is 15.9 Å². The van der Waals surface area contributed by atoms with Crippen LogP contribution in [0.5, 0.6) is 0 Å². The van der Waals surface area contributed by atoms with Crippen molar-refractivity contribution in [3.8, 4) is 0 Å². The van der Waals surface area contributed by atoms with Crippen LogP contribution in [0.15, 0.2) is 42.0 Å². The first-order chi connectivity index (χ1) is 22.7. The molecule has 3 aromatic rings.